The van der Waals surface area contributed by atoms with Crippen molar-refractivity contribution in [1.29, 1.82) is 0 Å². The Morgan fingerprint density at radius 2 is 2.17 bits per heavy atom. The smallest absolute Gasteiger partial charge is 0.261 e. The van der Waals surface area contributed by atoms with E-state index in [0.29, 0.717) is 6.54 Å². The van der Waals surface area contributed by atoms with Crippen LogP contribution in [0.15, 0.2) is 35.1 Å². The van der Waals surface area contributed by atoms with Crippen molar-refractivity contribution in [2.24, 2.45) is 0 Å². The van der Waals surface area contributed by atoms with Gasteiger partial charge >= 0.3 is 0 Å². The molecule has 1 aliphatic heterocycles. The molecule has 1 amide bonds. The molecule has 1 fully saturated rings. The maximum atomic E-state index is 13.0. The molecule has 3 rings (SSSR count). The number of aromatic nitrogens is 1. The van der Waals surface area contributed by atoms with Gasteiger partial charge in [0.15, 0.2) is 0 Å². The Labute approximate surface area is 134 Å². The number of nitrogens with one attached hydrogen (secondary N) is 1. The Hall–Kier alpha value is -2.14. The molecule has 2 heterocycles. The maximum absolute atomic E-state index is 13.0. The molecular formula is C18H22N2O3. The Kier molecular flexibility index (Phi) is 4.22. The highest BCUT2D eigenvalue weighted by Gasteiger charge is 2.43. The van der Waals surface area contributed by atoms with Crippen LogP contribution in [0.3, 0.4) is 0 Å². The lowest BCUT2D eigenvalue weighted by atomic mass is 9.91. The van der Waals surface area contributed by atoms with Gasteiger partial charge in [0.25, 0.3) is 11.5 Å². The molecule has 0 saturated carbocycles. The first-order valence-electron chi connectivity index (χ1n) is 8.16. The van der Waals surface area contributed by atoms with Gasteiger partial charge in [-0.2, -0.15) is 0 Å². The molecule has 2 N–H and O–H groups in total. The van der Waals surface area contributed by atoms with Gasteiger partial charge in [-0.1, -0.05) is 31.5 Å². The van der Waals surface area contributed by atoms with Crippen molar-refractivity contribution in [3.05, 3.63) is 46.2 Å². The van der Waals surface area contributed by atoms with Crippen molar-refractivity contribution < 1.29 is 9.90 Å². The molecule has 0 aliphatic carbocycles. The van der Waals surface area contributed by atoms with Crippen molar-refractivity contribution in [3.63, 3.8) is 0 Å². The highest BCUT2D eigenvalue weighted by atomic mass is 16.3. The summed E-state index contributed by atoms with van der Waals surface area (Å²) in [5.74, 6) is -0.281. The van der Waals surface area contributed by atoms with Crippen LogP contribution in [0.1, 0.15) is 43.0 Å². The fraction of sp³-hybridized carbons (Fsp3) is 0.444. The standard InChI is InChI=1S/C18H22N2O3/c1-2-8-18(12-21)9-5-10-20(18)17(23)14-11-13-6-3-4-7-15(13)19-16(14)22/h3-4,6-7,11,21H,2,5,8-10,12H2,1H3,(H,19,22). The van der Waals surface area contributed by atoms with E-state index in [9.17, 15) is 14.7 Å². The first-order valence-corrected chi connectivity index (χ1v) is 8.16. The number of para-hydroxylation sites is 1. The first kappa shape index (κ1) is 15.7. The zero-order valence-corrected chi connectivity index (χ0v) is 13.3. The van der Waals surface area contributed by atoms with Gasteiger partial charge in [-0.15, -0.1) is 0 Å². The van der Waals surface area contributed by atoms with Crippen LogP contribution in [0.4, 0.5) is 0 Å². The summed E-state index contributed by atoms with van der Waals surface area (Å²) < 4.78 is 0. The summed E-state index contributed by atoms with van der Waals surface area (Å²) in [5.41, 5.74) is -0.0230. The molecule has 1 atom stereocenters. The predicted octanol–water partition coefficient (Wildman–Crippen LogP) is 2.30. The second-order valence-electron chi connectivity index (χ2n) is 6.29. The van der Waals surface area contributed by atoms with Gasteiger partial charge in [0.1, 0.15) is 5.56 Å². The van der Waals surface area contributed by atoms with Gasteiger partial charge in [0, 0.05) is 12.1 Å². The van der Waals surface area contributed by atoms with Gasteiger partial charge in [-0.05, 0) is 36.8 Å². The van der Waals surface area contributed by atoms with E-state index in [4.69, 9.17) is 0 Å². The van der Waals surface area contributed by atoms with Crippen LogP contribution >= 0.6 is 0 Å². The normalized spacial score (nSPS) is 21.0. The number of amides is 1. The monoisotopic (exact) mass is 314 g/mol. The second kappa shape index (κ2) is 6.16. The minimum atomic E-state index is -0.524. The van der Waals surface area contributed by atoms with Crippen molar-refractivity contribution in [1.82, 2.24) is 9.88 Å². The van der Waals surface area contributed by atoms with Crippen LogP contribution in [-0.4, -0.2) is 39.6 Å². The van der Waals surface area contributed by atoms with Crippen molar-refractivity contribution in [3.8, 4) is 0 Å². The third-order valence-electron chi connectivity index (χ3n) is 4.84. The van der Waals surface area contributed by atoms with E-state index < -0.39 is 5.54 Å². The Balaban J connectivity index is 2.02. The average molecular weight is 314 g/mol. The second-order valence-corrected chi connectivity index (χ2v) is 6.29. The van der Waals surface area contributed by atoms with E-state index >= 15 is 0 Å². The third-order valence-corrected chi connectivity index (χ3v) is 4.84. The highest BCUT2D eigenvalue weighted by Crippen LogP contribution is 2.34. The summed E-state index contributed by atoms with van der Waals surface area (Å²) in [6.07, 6.45) is 3.28. The number of nitrogens with zero attached hydrogens (tertiary/aromatic N) is 1. The van der Waals surface area contributed by atoms with Crippen LogP contribution in [0, 0.1) is 0 Å². The SMILES string of the molecule is CCCC1(CO)CCCN1C(=O)c1cc2ccccc2[nH]c1=O. The van der Waals surface area contributed by atoms with Gasteiger partial charge in [-0.3, -0.25) is 9.59 Å². The number of hydrogen-bond donors (Lipinski definition) is 2. The molecule has 1 aromatic carbocycles. The minimum Gasteiger partial charge on any atom is -0.394 e. The van der Waals surface area contributed by atoms with E-state index in [-0.39, 0.29) is 23.6 Å². The van der Waals surface area contributed by atoms with E-state index in [0.717, 1.165) is 36.6 Å². The van der Waals surface area contributed by atoms with Crippen molar-refractivity contribution >= 4 is 16.8 Å². The molecule has 23 heavy (non-hydrogen) atoms. The van der Waals surface area contributed by atoms with E-state index in [1.54, 1.807) is 11.0 Å². The fourth-order valence-corrected chi connectivity index (χ4v) is 3.68. The lowest BCUT2D eigenvalue weighted by Gasteiger charge is -2.37. The Morgan fingerprint density at radius 1 is 1.39 bits per heavy atom. The molecule has 122 valence electrons. The molecule has 0 spiro atoms. The van der Waals surface area contributed by atoms with Crippen LogP contribution in [0.2, 0.25) is 0 Å². The Morgan fingerprint density at radius 3 is 2.91 bits per heavy atom. The van der Waals surface area contributed by atoms with Crippen LogP contribution in [0.25, 0.3) is 10.9 Å². The summed E-state index contributed by atoms with van der Waals surface area (Å²) >= 11 is 0. The van der Waals surface area contributed by atoms with Crippen LogP contribution in [-0.2, 0) is 0 Å². The fourth-order valence-electron chi connectivity index (χ4n) is 3.68. The zero-order chi connectivity index (χ0) is 16.4. The van der Waals surface area contributed by atoms with Gasteiger partial charge in [0.05, 0.1) is 12.1 Å². The topological polar surface area (TPSA) is 73.4 Å². The number of rotatable bonds is 4. The third kappa shape index (κ3) is 2.65. The number of H-pyrrole nitrogens is 1. The number of hydrogen-bond acceptors (Lipinski definition) is 3. The molecule has 1 aromatic heterocycles. The number of carbonyl (C=O) groups excluding carboxylic acids is 1. The molecule has 5 heteroatoms. The summed E-state index contributed by atoms with van der Waals surface area (Å²) in [6, 6.07) is 9.06. The molecular weight excluding hydrogens is 292 g/mol. The number of aliphatic hydroxyl groups is 1. The molecule has 1 aliphatic rings. The lowest BCUT2D eigenvalue weighted by Crippen LogP contribution is -2.51. The molecule has 2 aromatic rings. The van der Waals surface area contributed by atoms with Crippen molar-refractivity contribution in [2.75, 3.05) is 13.2 Å². The number of likely N-dealkylation sites (tertiary alicyclic amines) is 1. The Bertz CT molecular complexity index is 783. The molecule has 1 unspecified atom stereocenters. The summed E-state index contributed by atoms with van der Waals surface area (Å²) in [4.78, 5) is 29.8. The zero-order valence-electron chi connectivity index (χ0n) is 13.3. The number of benzene rings is 1. The molecule has 1 saturated heterocycles. The highest BCUT2D eigenvalue weighted by molar-refractivity contribution is 5.97. The minimum absolute atomic E-state index is 0.0575. The maximum Gasteiger partial charge on any atom is 0.261 e. The van der Waals surface area contributed by atoms with E-state index in [2.05, 4.69) is 4.98 Å². The van der Waals surface area contributed by atoms with E-state index in [1.807, 2.05) is 31.2 Å². The number of carbonyl (C=O) groups is 1. The van der Waals surface area contributed by atoms with Gasteiger partial charge < -0.3 is 15.0 Å². The number of aliphatic hydroxyl groups excluding tert-OH is 1. The van der Waals surface area contributed by atoms with Gasteiger partial charge in [-0.25, -0.2) is 0 Å². The number of pyridine rings is 1. The van der Waals surface area contributed by atoms with Crippen molar-refractivity contribution in [2.45, 2.75) is 38.1 Å². The number of fused-ring (bicyclic) bond motifs is 1. The average Bonchev–Trinajstić information content (AvgIpc) is 2.98. The van der Waals surface area contributed by atoms with E-state index in [1.165, 1.54) is 0 Å². The largest absolute Gasteiger partial charge is 0.394 e. The molecule has 0 radical (unpaired) electrons. The lowest BCUT2D eigenvalue weighted by molar-refractivity contribution is 0.0375. The number of aromatic amines is 1. The summed E-state index contributed by atoms with van der Waals surface area (Å²) in [6.45, 7) is 2.57. The molecule has 0 bridgehead atoms. The van der Waals surface area contributed by atoms with Crippen LogP contribution in [0.5, 0.6) is 0 Å². The quantitative estimate of drug-likeness (QED) is 0.909. The summed E-state index contributed by atoms with van der Waals surface area (Å²) in [5, 5.41) is 10.7. The predicted molar refractivity (Wildman–Crippen MR) is 89.6 cm³/mol. The first-order chi connectivity index (χ1) is 11.1. The van der Waals surface area contributed by atoms with Crippen LogP contribution < -0.4 is 5.56 Å². The van der Waals surface area contributed by atoms with Gasteiger partial charge in [0.2, 0.25) is 0 Å². The molecule has 5 nitrogen and oxygen atoms in total. The summed E-state index contributed by atoms with van der Waals surface area (Å²) in [7, 11) is 0.